The van der Waals surface area contributed by atoms with Crippen LogP contribution in [0.2, 0.25) is 10.2 Å². The summed E-state index contributed by atoms with van der Waals surface area (Å²) >= 11 is 11.7. The summed E-state index contributed by atoms with van der Waals surface area (Å²) in [6.07, 6.45) is 2.70. The second kappa shape index (κ2) is 5.99. The van der Waals surface area contributed by atoms with E-state index in [1.54, 1.807) is 13.1 Å². The Morgan fingerprint density at radius 2 is 1.95 bits per heavy atom. The van der Waals surface area contributed by atoms with Gasteiger partial charge < -0.3 is 4.90 Å². The van der Waals surface area contributed by atoms with E-state index < -0.39 is 0 Å². The predicted octanol–water partition coefficient (Wildman–Crippen LogP) is 3.06. The van der Waals surface area contributed by atoms with E-state index in [1.807, 2.05) is 18.2 Å². The van der Waals surface area contributed by atoms with Crippen LogP contribution in [0.3, 0.4) is 0 Å². The molecule has 0 saturated heterocycles. The fourth-order valence-electron chi connectivity index (χ4n) is 1.57. The van der Waals surface area contributed by atoms with Crippen molar-refractivity contribution < 1.29 is 4.79 Å². The number of halogens is 2. The van der Waals surface area contributed by atoms with E-state index in [2.05, 4.69) is 9.97 Å². The minimum atomic E-state index is -0.232. The summed E-state index contributed by atoms with van der Waals surface area (Å²) in [7, 11) is 1.68. The Kier molecular flexibility index (Phi) is 4.35. The topological polar surface area (TPSA) is 46.1 Å². The predicted molar refractivity (Wildman–Crippen MR) is 74.3 cm³/mol. The molecule has 0 radical (unpaired) electrons. The maximum Gasteiger partial charge on any atom is 0.274 e. The van der Waals surface area contributed by atoms with Gasteiger partial charge in [0.05, 0.1) is 12.4 Å². The molecule has 1 aromatic heterocycles. The number of nitrogens with zero attached hydrogens (tertiary/aromatic N) is 3. The molecule has 1 aromatic carbocycles. The molecule has 1 heterocycles. The van der Waals surface area contributed by atoms with Gasteiger partial charge in [-0.2, -0.15) is 0 Å². The average Bonchev–Trinajstić information content (AvgIpc) is 2.41. The molecule has 0 saturated carbocycles. The minimum absolute atomic E-state index is 0.232. The molecule has 2 rings (SSSR count). The number of carbonyl (C=O) groups is 1. The van der Waals surface area contributed by atoms with Gasteiger partial charge in [-0.05, 0) is 11.6 Å². The second-order valence-electron chi connectivity index (χ2n) is 3.98. The number of benzene rings is 1. The van der Waals surface area contributed by atoms with Gasteiger partial charge in [-0.1, -0.05) is 41.4 Å². The molecule has 6 heteroatoms. The average molecular weight is 296 g/mol. The van der Waals surface area contributed by atoms with Gasteiger partial charge in [0, 0.05) is 18.6 Å². The third kappa shape index (κ3) is 3.43. The van der Waals surface area contributed by atoms with Crippen molar-refractivity contribution in [3.8, 4) is 0 Å². The third-order valence-corrected chi connectivity index (χ3v) is 3.12. The van der Waals surface area contributed by atoms with Gasteiger partial charge in [-0.25, -0.2) is 9.97 Å². The van der Waals surface area contributed by atoms with Crippen LogP contribution in [-0.2, 0) is 6.54 Å². The number of carbonyl (C=O) groups excluding carboxylic acids is 1. The molecular formula is C13H11Cl2N3O. The lowest BCUT2D eigenvalue weighted by Gasteiger charge is -2.17. The zero-order chi connectivity index (χ0) is 13.8. The molecule has 4 nitrogen and oxygen atoms in total. The highest BCUT2D eigenvalue weighted by atomic mass is 35.5. The zero-order valence-corrected chi connectivity index (χ0v) is 11.7. The van der Waals surface area contributed by atoms with Gasteiger partial charge in [0.25, 0.3) is 5.91 Å². The fraction of sp³-hybridized carbons (Fsp3) is 0.154. The van der Waals surface area contributed by atoms with Crippen LogP contribution < -0.4 is 0 Å². The lowest BCUT2D eigenvalue weighted by atomic mass is 10.2. The largest absolute Gasteiger partial charge is 0.336 e. The monoisotopic (exact) mass is 295 g/mol. The van der Waals surface area contributed by atoms with Gasteiger partial charge in [0.2, 0.25) is 0 Å². The molecule has 0 unspecified atom stereocenters. The molecule has 0 spiro atoms. The maximum atomic E-state index is 12.1. The normalized spacial score (nSPS) is 10.3. The van der Waals surface area contributed by atoms with E-state index >= 15 is 0 Å². The van der Waals surface area contributed by atoms with Crippen LogP contribution in [0.25, 0.3) is 0 Å². The number of hydrogen-bond donors (Lipinski definition) is 0. The first-order valence-corrected chi connectivity index (χ1v) is 6.30. The summed E-state index contributed by atoms with van der Waals surface area (Å²) in [6.45, 7) is 0.406. The molecule has 1 amide bonds. The van der Waals surface area contributed by atoms with Crippen molar-refractivity contribution in [3.63, 3.8) is 0 Å². The molecule has 2 aromatic rings. The van der Waals surface area contributed by atoms with Crippen molar-refractivity contribution in [2.24, 2.45) is 0 Å². The van der Waals surface area contributed by atoms with Crippen LogP contribution in [-0.4, -0.2) is 27.8 Å². The smallest absolute Gasteiger partial charge is 0.274 e. The van der Waals surface area contributed by atoms with Crippen molar-refractivity contribution in [2.45, 2.75) is 6.54 Å². The number of hydrogen-bond acceptors (Lipinski definition) is 3. The van der Waals surface area contributed by atoms with E-state index in [1.165, 1.54) is 17.3 Å². The van der Waals surface area contributed by atoms with Gasteiger partial charge in [0.15, 0.2) is 0 Å². The number of rotatable bonds is 3. The Morgan fingerprint density at radius 3 is 2.58 bits per heavy atom. The fourth-order valence-corrected chi connectivity index (χ4v) is 1.87. The van der Waals surface area contributed by atoms with Crippen molar-refractivity contribution >= 4 is 29.1 Å². The summed E-state index contributed by atoms with van der Waals surface area (Å²) in [5, 5.41) is 0.884. The van der Waals surface area contributed by atoms with E-state index in [0.29, 0.717) is 11.6 Å². The first kappa shape index (κ1) is 13.8. The Bertz CT molecular complexity index is 587. The minimum Gasteiger partial charge on any atom is -0.336 e. The standard InChI is InChI=1S/C13H11Cl2N3O/c1-18(8-9-4-2-3-5-10(9)14)13(19)11-6-17-12(15)7-16-11/h2-7H,8H2,1H3. The van der Waals surface area contributed by atoms with Gasteiger partial charge in [-0.15, -0.1) is 0 Å². The SMILES string of the molecule is CN(Cc1ccccc1Cl)C(=O)c1cnc(Cl)cn1. The Hall–Kier alpha value is -1.65. The van der Waals surface area contributed by atoms with Gasteiger partial charge >= 0.3 is 0 Å². The van der Waals surface area contributed by atoms with Crippen LogP contribution in [0.5, 0.6) is 0 Å². The lowest BCUT2D eigenvalue weighted by molar-refractivity contribution is 0.0779. The molecule has 98 valence electrons. The molecule has 0 aliphatic rings. The van der Waals surface area contributed by atoms with E-state index in [9.17, 15) is 4.79 Å². The lowest BCUT2D eigenvalue weighted by Crippen LogP contribution is -2.27. The Labute approximate surface area is 121 Å². The van der Waals surface area contributed by atoms with Crippen LogP contribution >= 0.6 is 23.2 Å². The molecule has 0 atom stereocenters. The highest BCUT2D eigenvalue weighted by molar-refractivity contribution is 6.31. The number of amides is 1. The van der Waals surface area contributed by atoms with E-state index in [-0.39, 0.29) is 16.8 Å². The van der Waals surface area contributed by atoms with Crippen LogP contribution in [0.15, 0.2) is 36.7 Å². The van der Waals surface area contributed by atoms with E-state index in [0.717, 1.165) is 5.56 Å². The summed E-state index contributed by atoms with van der Waals surface area (Å²) in [5.41, 5.74) is 1.13. The molecule has 0 aliphatic heterocycles. The summed E-state index contributed by atoms with van der Waals surface area (Å²) in [4.78, 5) is 21.4. The van der Waals surface area contributed by atoms with E-state index in [4.69, 9.17) is 23.2 Å². The van der Waals surface area contributed by atoms with Gasteiger partial charge in [-0.3, -0.25) is 4.79 Å². The maximum absolute atomic E-state index is 12.1. The number of aromatic nitrogens is 2. The zero-order valence-electron chi connectivity index (χ0n) is 10.2. The summed E-state index contributed by atoms with van der Waals surface area (Å²) in [5.74, 6) is -0.232. The van der Waals surface area contributed by atoms with Crippen molar-refractivity contribution in [3.05, 3.63) is 58.1 Å². The molecule has 0 fully saturated rings. The van der Waals surface area contributed by atoms with Crippen LogP contribution in [0, 0.1) is 0 Å². The molecule has 19 heavy (non-hydrogen) atoms. The van der Waals surface area contributed by atoms with Crippen LogP contribution in [0.4, 0.5) is 0 Å². The summed E-state index contributed by atoms with van der Waals surface area (Å²) < 4.78 is 0. The highest BCUT2D eigenvalue weighted by Crippen LogP contribution is 2.17. The highest BCUT2D eigenvalue weighted by Gasteiger charge is 2.14. The third-order valence-electron chi connectivity index (χ3n) is 2.55. The molecule has 0 aliphatic carbocycles. The second-order valence-corrected chi connectivity index (χ2v) is 4.77. The Balaban J connectivity index is 2.12. The van der Waals surface area contributed by atoms with Crippen molar-refractivity contribution in [1.82, 2.24) is 14.9 Å². The first-order chi connectivity index (χ1) is 9.08. The van der Waals surface area contributed by atoms with Crippen molar-refractivity contribution in [2.75, 3.05) is 7.05 Å². The first-order valence-electron chi connectivity index (χ1n) is 5.54. The quantitative estimate of drug-likeness (QED) is 0.874. The Morgan fingerprint density at radius 1 is 1.21 bits per heavy atom. The molecular weight excluding hydrogens is 285 g/mol. The summed E-state index contributed by atoms with van der Waals surface area (Å²) in [6, 6.07) is 7.39. The molecule has 0 N–H and O–H groups in total. The van der Waals surface area contributed by atoms with Crippen LogP contribution in [0.1, 0.15) is 16.1 Å². The molecule has 0 bridgehead atoms. The van der Waals surface area contributed by atoms with Gasteiger partial charge in [0.1, 0.15) is 10.8 Å². The van der Waals surface area contributed by atoms with Crippen molar-refractivity contribution in [1.29, 1.82) is 0 Å².